The first kappa shape index (κ1) is 11.1. The van der Waals surface area contributed by atoms with Crippen LogP contribution in [0.4, 0.5) is 15.8 Å². The van der Waals surface area contributed by atoms with Gasteiger partial charge in [-0.2, -0.15) is 0 Å². The molecule has 0 aliphatic rings. The Labute approximate surface area is 98.1 Å². The topological polar surface area (TPSA) is 55.1 Å². The molecule has 0 saturated heterocycles. The second-order valence-corrected chi connectivity index (χ2v) is 3.56. The van der Waals surface area contributed by atoms with Crippen molar-refractivity contribution in [3.05, 3.63) is 59.9 Å². The fourth-order valence-electron chi connectivity index (χ4n) is 1.46. The van der Waals surface area contributed by atoms with Crippen molar-refractivity contribution in [3.63, 3.8) is 0 Å². The summed E-state index contributed by atoms with van der Waals surface area (Å²) in [6, 6.07) is 12.5. The minimum Gasteiger partial charge on any atom is -0.399 e. The van der Waals surface area contributed by atoms with Crippen molar-refractivity contribution < 1.29 is 9.18 Å². The molecule has 3 N–H and O–H groups in total. The lowest BCUT2D eigenvalue weighted by Gasteiger charge is -2.06. The number of hydrogen-bond acceptors (Lipinski definition) is 2. The van der Waals surface area contributed by atoms with Crippen LogP contribution in [0.15, 0.2) is 48.5 Å². The molecule has 3 nitrogen and oxygen atoms in total. The number of amides is 1. The molecule has 2 aromatic carbocycles. The van der Waals surface area contributed by atoms with Gasteiger partial charge in [0.1, 0.15) is 5.82 Å². The van der Waals surface area contributed by atoms with Gasteiger partial charge in [0, 0.05) is 11.4 Å². The molecule has 17 heavy (non-hydrogen) atoms. The molecule has 0 aliphatic carbocycles. The molecule has 0 aromatic heterocycles. The predicted molar refractivity (Wildman–Crippen MR) is 65.2 cm³/mol. The van der Waals surface area contributed by atoms with Crippen LogP contribution in [0.25, 0.3) is 0 Å². The number of nitrogens with one attached hydrogen (secondary N) is 1. The largest absolute Gasteiger partial charge is 0.399 e. The Bertz CT molecular complexity index is 555. The van der Waals surface area contributed by atoms with Crippen LogP contribution in [-0.4, -0.2) is 5.91 Å². The van der Waals surface area contributed by atoms with Crippen molar-refractivity contribution in [1.29, 1.82) is 0 Å². The highest BCUT2D eigenvalue weighted by atomic mass is 19.1. The molecule has 1 amide bonds. The van der Waals surface area contributed by atoms with Gasteiger partial charge >= 0.3 is 0 Å². The van der Waals surface area contributed by atoms with E-state index in [0.717, 1.165) is 0 Å². The Balaban J connectivity index is 2.20. The molecule has 0 heterocycles. The Hall–Kier alpha value is -2.36. The van der Waals surface area contributed by atoms with E-state index >= 15 is 0 Å². The molecule has 0 radical (unpaired) electrons. The number of carbonyl (C=O) groups excluding carboxylic acids is 1. The quantitative estimate of drug-likeness (QED) is 0.779. The predicted octanol–water partition coefficient (Wildman–Crippen LogP) is 2.66. The average Bonchev–Trinajstić information content (AvgIpc) is 2.29. The van der Waals surface area contributed by atoms with Gasteiger partial charge in [-0.25, -0.2) is 4.39 Å². The molecule has 0 aliphatic heterocycles. The lowest BCUT2D eigenvalue weighted by atomic mass is 10.2. The number of benzene rings is 2. The zero-order valence-corrected chi connectivity index (χ0v) is 8.98. The van der Waals surface area contributed by atoms with Gasteiger partial charge < -0.3 is 11.1 Å². The maximum atomic E-state index is 13.3. The first-order valence-electron chi connectivity index (χ1n) is 5.08. The highest BCUT2D eigenvalue weighted by Gasteiger charge is 2.10. The monoisotopic (exact) mass is 230 g/mol. The Morgan fingerprint density at radius 2 is 1.88 bits per heavy atom. The van der Waals surface area contributed by atoms with Gasteiger partial charge in [-0.1, -0.05) is 18.2 Å². The molecule has 0 unspecified atom stereocenters. The van der Waals surface area contributed by atoms with Gasteiger partial charge in [-0.05, 0) is 30.3 Å². The van der Waals surface area contributed by atoms with E-state index in [1.165, 1.54) is 18.2 Å². The van der Waals surface area contributed by atoms with E-state index < -0.39 is 11.7 Å². The number of nitrogen functional groups attached to an aromatic ring is 1. The molecule has 0 bridgehead atoms. The SMILES string of the molecule is Nc1cccc(NC(=O)c2ccccc2F)c1. The van der Waals surface area contributed by atoms with E-state index in [4.69, 9.17) is 5.73 Å². The van der Waals surface area contributed by atoms with Gasteiger partial charge in [0.2, 0.25) is 0 Å². The average molecular weight is 230 g/mol. The first-order chi connectivity index (χ1) is 8.16. The summed E-state index contributed by atoms with van der Waals surface area (Å²) >= 11 is 0. The van der Waals surface area contributed by atoms with Crippen molar-refractivity contribution in [2.75, 3.05) is 11.1 Å². The van der Waals surface area contributed by atoms with E-state index in [0.29, 0.717) is 11.4 Å². The first-order valence-corrected chi connectivity index (χ1v) is 5.08. The van der Waals surface area contributed by atoms with Crippen LogP contribution in [0.1, 0.15) is 10.4 Å². The maximum absolute atomic E-state index is 13.3. The van der Waals surface area contributed by atoms with Crippen LogP contribution in [0.5, 0.6) is 0 Å². The van der Waals surface area contributed by atoms with Gasteiger partial charge in [-0.15, -0.1) is 0 Å². The summed E-state index contributed by atoms with van der Waals surface area (Å²) < 4.78 is 13.3. The second-order valence-electron chi connectivity index (χ2n) is 3.56. The smallest absolute Gasteiger partial charge is 0.258 e. The van der Waals surface area contributed by atoms with Gasteiger partial charge in [-0.3, -0.25) is 4.79 Å². The molecular formula is C13H11FN2O. The number of carbonyl (C=O) groups is 1. The van der Waals surface area contributed by atoms with E-state index in [2.05, 4.69) is 5.32 Å². The lowest BCUT2D eigenvalue weighted by molar-refractivity contribution is 0.102. The fraction of sp³-hybridized carbons (Fsp3) is 0. The minimum atomic E-state index is -0.547. The van der Waals surface area contributed by atoms with Crippen molar-refractivity contribution in [2.45, 2.75) is 0 Å². The number of nitrogens with two attached hydrogens (primary N) is 1. The molecule has 2 aromatic rings. The highest BCUT2D eigenvalue weighted by molar-refractivity contribution is 6.04. The maximum Gasteiger partial charge on any atom is 0.258 e. The Morgan fingerprint density at radius 3 is 2.59 bits per heavy atom. The van der Waals surface area contributed by atoms with E-state index in [9.17, 15) is 9.18 Å². The molecule has 0 fully saturated rings. The lowest BCUT2D eigenvalue weighted by Crippen LogP contribution is -2.13. The summed E-state index contributed by atoms with van der Waals surface area (Å²) in [6.07, 6.45) is 0. The molecule has 0 atom stereocenters. The molecule has 4 heteroatoms. The third kappa shape index (κ3) is 2.60. The standard InChI is InChI=1S/C13H11FN2O/c14-12-7-2-1-6-11(12)13(17)16-10-5-3-4-9(15)8-10/h1-8H,15H2,(H,16,17). The molecule has 0 saturated carbocycles. The Morgan fingerprint density at radius 1 is 1.12 bits per heavy atom. The summed E-state index contributed by atoms with van der Waals surface area (Å²) in [4.78, 5) is 11.8. The van der Waals surface area contributed by atoms with Gasteiger partial charge in [0.05, 0.1) is 5.56 Å². The summed E-state index contributed by atoms with van der Waals surface area (Å²) in [5.41, 5.74) is 6.67. The summed E-state index contributed by atoms with van der Waals surface area (Å²) in [6.45, 7) is 0. The third-order valence-electron chi connectivity index (χ3n) is 2.26. The van der Waals surface area contributed by atoms with Crippen molar-refractivity contribution in [3.8, 4) is 0 Å². The Kier molecular flexibility index (Phi) is 3.05. The van der Waals surface area contributed by atoms with E-state index in [-0.39, 0.29) is 5.56 Å². The molecule has 2 rings (SSSR count). The number of halogens is 1. The van der Waals surface area contributed by atoms with Gasteiger partial charge in [0.15, 0.2) is 0 Å². The number of rotatable bonds is 2. The van der Waals surface area contributed by atoms with Crippen molar-refractivity contribution in [2.24, 2.45) is 0 Å². The fourth-order valence-corrected chi connectivity index (χ4v) is 1.46. The van der Waals surface area contributed by atoms with Crippen LogP contribution >= 0.6 is 0 Å². The summed E-state index contributed by atoms with van der Waals surface area (Å²) in [5.74, 6) is -1.04. The number of hydrogen-bond donors (Lipinski definition) is 2. The van der Waals surface area contributed by atoms with Gasteiger partial charge in [0.25, 0.3) is 5.91 Å². The minimum absolute atomic E-state index is 0.00919. The summed E-state index contributed by atoms with van der Waals surface area (Å²) in [5, 5.41) is 2.58. The van der Waals surface area contributed by atoms with Crippen molar-refractivity contribution >= 4 is 17.3 Å². The number of anilines is 2. The molecular weight excluding hydrogens is 219 g/mol. The van der Waals surface area contributed by atoms with Crippen molar-refractivity contribution in [1.82, 2.24) is 0 Å². The summed E-state index contributed by atoms with van der Waals surface area (Å²) in [7, 11) is 0. The van der Waals surface area contributed by atoms with Crippen LogP contribution in [0.3, 0.4) is 0 Å². The van der Waals surface area contributed by atoms with Crippen LogP contribution in [0.2, 0.25) is 0 Å². The zero-order valence-electron chi connectivity index (χ0n) is 8.98. The van der Waals surface area contributed by atoms with E-state index in [1.54, 1.807) is 30.3 Å². The second kappa shape index (κ2) is 4.65. The van der Waals surface area contributed by atoms with Crippen LogP contribution < -0.4 is 11.1 Å². The van der Waals surface area contributed by atoms with E-state index in [1.807, 2.05) is 0 Å². The molecule has 0 spiro atoms. The van der Waals surface area contributed by atoms with Crippen LogP contribution in [0, 0.1) is 5.82 Å². The van der Waals surface area contributed by atoms with Crippen LogP contribution in [-0.2, 0) is 0 Å². The highest BCUT2D eigenvalue weighted by Crippen LogP contribution is 2.14. The zero-order chi connectivity index (χ0) is 12.3. The molecule has 86 valence electrons. The third-order valence-corrected chi connectivity index (χ3v) is 2.26. The normalized spacial score (nSPS) is 9.94.